The summed E-state index contributed by atoms with van der Waals surface area (Å²) in [5.74, 6) is 1.58. The van der Waals surface area contributed by atoms with Crippen molar-refractivity contribution in [2.24, 2.45) is 4.99 Å². The molecule has 0 bridgehead atoms. The first-order chi connectivity index (χ1) is 9.33. The maximum atomic E-state index is 5.30. The summed E-state index contributed by atoms with van der Waals surface area (Å²) in [5.41, 5.74) is 2.10. The predicted octanol–water partition coefficient (Wildman–Crippen LogP) is 3.32. The molecule has 0 aliphatic heterocycles. The van der Waals surface area contributed by atoms with Gasteiger partial charge in [-0.3, -0.25) is 4.99 Å². The summed E-state index contributed by atoms with van der Waals surface area (Å²) < 4.78 is 10.5. The molecule has 2 aromatic rings. The zero-order valence-corrected chi connectivity index (χ0v) is 11.2. The minimum absolute atomic E-state index is 0.654. The highest BCUT2D eigenvalue weighted by Gasteiger charge is 2.02. The normalized spacial score (nSPS) is 10.6. The summed E-state index contributed by atoms with van der Waals surface area (Å²) in [6.07, 6.45) is 1.81. The predicted molar refractivity (Wildman–Crippen MR) is 77.3 cm³/mol. The number of methoxy groups -OCH3 is 2. The van der Waals surface area contributed by atoms with Gasteiger partial charge < -0.3 is 9.47 Å². The van der Waals surface area contributed by atoms with E-state index >= 15 is 0 Å². The first kappa shape index (κ1) is 13.1. The fourth-order valence-electron chi connectivity index (χ4n) is 1.77. The second-order valence-corrected chi connectivity index (χ2v) is 4.06. The highest BCUT2D eigenvalue weighted by molar-refractivity contribution is 5.84. The summed E-state index contributed by atoms with van der Waals surface area (Å²) in [6, 6.07) is 15.8. The Morgan fingerprint density at radius 3 is 2.47 bits per heavy atom. The Bertz CT molecular complexity index is 550. The second kappa shape index (κ2) is 6.59. The zero-order valence-electron chi connectivity index (χ0n) is 11.2. The molecule has 0 aliphatic rings. The molecule has 2 aromatic carbocycles. The van der Waals surface area contributed by atoms with Crippen molar-refractivity contribution in [1.29, 1.82) is 0 Å². The summed E-state index contributed by atoms with van der Waals surface area (Å²) in [4.78, 5) is 4.44. The van der Waals surface area contributed by atoms with Gasteiger partial charge in [-0.15, -0.1) is 0 Å². The van der Waals surface area contributed by atoms with Crippen LogP contribution >= 0.6 is 0 Å². The molecule has 98 valence electrons. The number of hydrogen-bond acceptors (Lipinski definition) is 3. The molecule has 0 radical (unpaired) electrons. The van der Waals surface area contributed by atoms with Crippen LogP contribution in [0.4, 0.5) is 0 Å². The Kier molecular flexibility index (Phi) is 4.56. The van der Waals surface area contributed by atoms with Gasteiger partial charge in [0.05, 0.1) is 20.8 Å². The van der Waals surface area contributed by atoms with Gasteiger partial charge in [-0.25, -0.2) is 0 Å². The number of hydrogen-bond donors (Lipinski definition) is 0. The summed E-state index contributed by atoms with van der Waals surface area (Å²) >= 11 is 0. The Labute approximate surface area is 113 Å². The van der Waals surface area contributed by atoms with E-state index in [0.717, 1.165) is 17.1 Å². The van der Waals surface area contributed by atoms with Crippen LogP contribution in [0, 0.1) is 0 Å². The van der Waals surface area contributed by atoms with Crippen molar-refractivity contribution in [3.8, 4) is 11.5 Å². The van der Waals surface area contributed by atoms with E-state index in [0.29, 0.717) is 6.54 Å². The van der Waals surface area contributed by atoms with Crippen LogP contribution in [0.2, 0.25) is 0 Å². The Morgan fingerprint density at radius 2 is 1.79 bits per heavy atom. The van der Waals surface area contributed by atoms with Crippen molar-refractivity contribution in [3.05, 3.63) is 59.7 Å². The van der Waals surface area contributed by atoms with Crippen LogP contribution < -0.4 is 9.47 Å². The summed E-state index contributed by atoms with van der Waals surface area (Å²) in [6.45, 7) is 0.654. The molecule has 0 aliphatic carbocycles. The van der Waals surface area contributed by atoms with Crippen molar-refractivity contribution < 1.29 is 9.47 Å². The third-order valence-electron chi connectivity index (χ3n) is 2.78. The molecule has 0 N–H and O–H groups in total. The standard InChI is InChI=1S/C16H17NO2/c1-18-15-8-9-16(19-2)14(10-15)12-17-11-13-6-4-3-5-7-13/h3-10,12H,11H2,1-2H3. The first-order valence-corrected chi connectivity index (χ1v) is 6.09. The third-order valence-corrected chi connectivity index (χ3v) is 2.78. The first-order valence-electron chi connectivity index (χ1n) is 6.09. The highest BCUT2D eigenvalue weighted by atomic mass is 16.5. The highest BCUT2D eigenvalue weighted by Crippen LogP contribution is 2.22. The van der Waals surface area contributed by atoms with E-state index in [2.05, 4.69) is 17.1 Å². The molecule has 0 atom stereocenters. The molecule has 0 spiro atoms. The fourth-order valence-corrected chi connectivity index (χ4v) is 1.77. The van der Waals surface area contributed by atoms with Gasteiger partial charge in [-0.2, -0.15) is 0 Å². The number of nitrogens with zero attached hydrogens (tertiary/aromatic N) is 1. The lowest BCUT2D eigenvalue weighted by Gasteiger charge is -2.06. The lowest BCUT2D eigenvalue weighted by molar-refractivity contribution is 0.402. The van der Waals surface area contributed by atoms with Crippen LogP contribution in [-0.4, -0.2) is 20.4 Å². The summed E-state index contributed by atoms with van der Waals surface area (Å²) in [5, 5.41) is 0. The molecule has 3 nitrogen and oxygen atoms in total. The molecule has 0 unspecified atom stereocenters. The molecule has 0 aromatic heterocycles. The molecule has 0 saturated heterocycles. The monoisotopic (exact) mass is 255 g/mol. The van der Waals surface area contributed by atoms with Crippen molar-refractivity contribution >= 4 is 6.21 Å². The van der Waals surface area contributed by atoms with Crippen LogP contribution in [0.15, 0.2) is 53.5 Å². The maximum Gasteiger partial charge on any atom is 0.127 e. The third kappa shape index (κ3) is 3.58. The molecular formula is C16H17NO2. The van der Waals surface area contributed by atoms with Crippen LogP contribution in [0.5, 0.6) is 11.5 Å². The van der Waals surface area contributed by atoms with Crippen molar-refractivity contribution in [3.63, 3.8) is 0 Å². The van der Waals surface area contributed by atoms with Gasteiger partial charge in [0.2, 0.25) is 0 Å². The van der Waals surface area contributed by atoms with Crippen molar-refractivity contribution in [2.45, 2.75) is 6.54 Å². The average Bonchev–Trinajstić information content (AvgIpc) is 2.48. The van der Waals surface area contributed by atoms with E-state index in [1.54, 1.807) is 14.2 Å². The van der Waals surface area contributed by atoms with Gasteiger partial charge in [0.25, 0.3) is 0 Å². The van der Waals surface area contributed by atoms with Gasteiger partial charge in [0.1, 0.15) is 11.5 Å². The van der Waals surface area contributed by atoms with Gasteiger partial charge in [0, 0.05) is 11.8 Å². The van der Waals surface area contributed by atoms with Gasteiger partial charge >= 0.3 is 0 Å². The van der Waals surface area contributed by atoms with Gasteiger partial charge in [-0.05, 0) is 23.8 Å². The van der Waals surface area contributed by atoms with Gasteiger partial charge in [0.15, 0.2) is 0 Å². The minimum Gasteiger partial charge on any atom is -0.497 e. The Morgan fingerprint density at radius 1 is 1.00 bits per heavy atom. The molecule has 0 saturated carbocycles. The average molecular weight is 255 g/mol. The molecular weight excluding hydrogens is 238 g/mol. The van der Waals surface area contributed by atoms with E-state index in [1.807, 2.05) is 42.6 Å². The van der Waals surface area contributed by atoms with Crippen LogP contribution in [0.1, 0.15) is 11.1 Å². The number of benzene rings is 2. The van der Waals surface area contributed by atoms with Crippen LogP contribution in [0.25, 0.3) is 0 Å². The minimum atomic E-state index is 0.654. The smallest absolute Gasteiger partial charge is 0.127 e. The van der Waals surface area contributed by atoms with Crippen molar-refractivity contribution in [1.82, 2.24) is 0 Å². The van der Waals surface area contributed by atoms with Gasteiger partial charge in [-0.1, -0.05) is 30.3 Å². The van der Waals surface area contributed by atoms with Crippen LogP contribution in [0.3, 0.4) is 0 Å². The van der Waals surface area contributed by atoms with E-state index in [1.165, 1.54) is 5.56 Å². The van der Waals surface area contributed by atoms with Crippen molar-refractivity contribution in [2.75, 3.05) is 14.2 Å². The molecule has 2 rings (SSSR count). The van der Waals surface area contributed by atoms with Crippen LogP contribution in [-0.2, 0) is 6.54 Å². The van der Waals surface area contributed by atoms with E-state index in [4.69, 9.17) is 9.47 Å². The fraction of sp³-hybridized carbons (Fsp3) is 0.188. The molecule has 0 fully saturated rings. The molecule has 0 heterocycles. The van der Waals surface area contributed by atoms with E-state index in [-0.39, 0.29) is 0 Å². The lowest BCUT2D eigenvalue weighted by Crippen LogP contribution is -1.93. The van der Waals surface area contributed by atoms with E-state index < -0.39 is 0 Å². The number of aliphatic imine (C=N–C) groups is 1. The second-order valence-electron chi connectivity index (χ2n) is 4.06. The number of ether oxygens (including phenoxy) is 2. The largest absolute Gasteiger partial charge is 0.497 e. The topological polar surface area (TPSA) is 30.8 Å². The quantitative estimate of drug-likeness (QED) is 0.767. The lowest BCUT2D eigenvalue weighted by atomic mass is 10.2. The Hall–Kier alpha value is -2.29. The SMILES string of the molecule is COc1ccc(OC)c(C=NCc2ccccc2)c1. The molecule has 0 amide bonds. The maximum absolute atomic E-state index is 5.30. The Balaban J connectivity index is 2.13. The summed E-state index contributed by atoms with van der Waals surface area (Å²) in [7, 11) is 3.29. The molecule has 19 heavy (non-hydrogen) atoms. The van der Waals surface area contributed by atoms with E-state index in [9.17, 15) is 0 Å². The molecule has 3 heteroatoms. The number of rotatable bonds is 5. The zero-order chi connectivity index (χ0) is 13.5.